The minimum Gasteiger partial charge on any atom is -0.432 e. The molecule has 0 atom stereocenters. The Labute approximate surface area is 194 Å². The van der Waals surface area contributed by atoms with Crippen LogP contribution in [0.3, 0.4) is 0 Å². The molecule has 0 aliphatic heterocycles. The summed E-state index contributed by atoms with van der Waals surface area (Å²) >= 11 is 0. The van der Waals surface area contributed by atoms with E-state index >= 15 is 0 Å². The van der Waals surface area contributed by atoms with Gasteiger partial charge in [-0.1, -0.05) is 146 Å². The Morgan fingerprint density at radius 1 is 0.516 bits per heavy atom. The quantitative estimate of drug-likeness (QED) is 0.484. The molecular formula is C26H37OSi4. The van der Waals surface area contributed by atoms with Crippen molar-refractivity contribution in [3.8, 4) is 0 Å². The molecule has 0 saturated heterocycles. The zero-order valence-electron chi connectivity index (χ0n) is 20.1. The van der Waals surface area contributed by atoms with E-state index < -0.39 is 33.3 Å². The maximum Gasteiger partial charge on any atom is 0.202 e. The van der Waals surface area contributed by atoms with Gasteiger partial charge in [-0.15, -0.1) is 0 Å². The molecular weight excluding hydrogens is 441 g/mol. The fraction of sp³-hybridized carbons (Fsp3) is 0.308. The van der Waals surface area contributed by atoms with Gasteiger partial charge in [0.15, 0.2) is 0 Å². The van der Waals surface area contributed by atoms with Crippen molar-refractivity contribution in [1.29, 1.82) is 0 Å². The predicted molar refractivity (Wildman–Crippen MR) is 147 cm³/mol. The van der Waals surface area contributed by atoms with E-state index in [1.165, 1.54) is 15.6 Å². The minimum atomic E-state index is -2.14. The number of rotatable bonds is 7. The Morgan fingerprint density at radius 2 is 0.742 bits per heavy atom. The lowest BCUT2D eigenvalue weighted by atomic mass is 10.4. The van der Waals surface area contributed by atoms with Crippen LogP contribution in [0.25, 0.3) is 0 Å². The summed E-state index contributed by atoms with van der Waals surface area (Å²) in [6, 6.07) is 33.4. The Morgan fingerprint density at radius 3 is 0.935 bits per heavy atom. The molecule has 3 rings (SSSR count). The molecule has 0 saturated carbocycles. The standard InChI is InChI=1S/C26H37OSi4/c1-28(27)26(29(2,3)23-17-11-8-12-18-23,30(4,5)24-19-13-9-14-20-24)31(6,7)25-21-15-10-16-22-25/h8-22,27H,1-7H3. The van der Waals surface area contributed by atoms with E-state index in [1.54, 1.807) is 0 Å². The van der Waals surface area contributed by atoms with Gasteiger partial charge in [-0.3, -0.25) is 0 Å². The monoisotopic (exact) mass is 477 g/mol. The van der Waals surface area contributed by atoms with Crippen LogP contribution in [0, 0.1) is 0 Å². The van der Waals surface area contributed by atoms with Crippen molar-refractivity contribution in [2.45, 2.75) is 49.7 Å². The van der Waals surface area contributed by atoms with Gasteiger partial charge in [0.1, 0.15) is 0 Å². The van der Waals surface area contributed by atoms with Crippen molar-refractivity contribution in [2.24, 2.45) is 0 Å². The van der Waals surface area contributed by atoms with E-state index in [-0.39, 0.29) is 3.91 Å². The molecule has 0 aliphatic rings. The van der Waals surface area contributed by atoms with Crippen LogP contribution in [0.2, 0.25) is 49.7 Å². The van der Waals surface area contributed by atoms with Crippen molar-refractivity contribution >= 4 is 48.8 Å². The average Bonchev–Trinajstić information content (AvgIpc) is 2.75. The summed E-state index contributed by atoms with van der Waals surface area (Å²) in [7, 11) is -8.08. The lowest BCUT2D eigenvalue weighted by Gasteiger charge is -2.63. The highest BCUT2D eigenvalue weighted by Gasteiger charge is 2.69. The molecule has 1 N–H and O–H groups in total. The molecule has 31 heavy (non-hydrogen) atoms. The summed E-state index contributed by atoms with van der Waals surface area (Å²) in [5, 5.41) is 4.42. The normalized spacial score (nSPS) is 13.5. The highest BCUT2D eigenvalue weighted by atomic mass is 28.5. The topological polar surface area (TPSA) is 20.2 Å². The Bertz CT molecular complexity index is 858. The summed E-state index contributed by atoms with van der Waals surface area (Å²) < 4.78 is -0.0261. The summed E-state index contributed by atoms with van der Waals surface area (Å²) in [6.45, 7) is 17.5. The molecule has 0 heterocycles. The van der Waals surface area contributed by atoms with E-state index in [4.69, 9.17) is 0 Å². The van der Waals surface area contributed by atoms with E-state index in [1.807, 2.05) is 0 Å². The van der Waals surface area contributed by atoms with Gasteiger partial charge in [-0.2, -0.15) is 0 Å². The molecule has 3 aromatic carbocycles. The molecule has 0 unspecified atom stereocenters. The van der Waals surface area contributed by atoms with Gasteiger partial charge in [0.2, 0.25) is 9.04 Å². The lowest BCUT2D eigenvalue weighted by molar-refractivity contribution is 0.573. The first-order chi connectivity index (χ1) is 14.5. The Kier molecular flexibility index (Phi) is 6.84. The molecule has 0 fully saturated rings. The van der Waals surface area contributed by atoms with Crippen LogP contribution < -0.4 is 15.6 Å². The van der Waals surface area contributed by atoms with Gasteiger partial charge in [-0.25, -0.2) is 0 Å². The van der Waals surface area contributed by atoms with Crippen molar-refractivity contribution in [3.63, 3.8) is 0 Å². The third-order valence-electron chi connectivity index (χ3n) is 7.84. The molecule has 0 amide bonds. The molecule has 0 aromatic heterocycles. The Hall–Kier alpha value is -1.51. The molecule has 163 valence electrons. The largest absolute Gasteiger partial charge is 0.432 e. The smallest absolute Gasteiger partial charge is 0.202 e. The number of hydrogen-bond acceptors (Lipinski definition) is 1. The zero-order valence-corrected chi connectivity index (χ0v) is 24.1. The van der Waals surface area contributed by atoms with E-state index in [0.717, 1.165) is 0 Å². The second-order valence-corrected chi connectivity index (χ2v) is 29.0. The van der Waals surface area contributed by atoms with Crippen LogP contribution in [0.15, 0.2) is 91.0 Å². The van der Waals surface area contributed by atoms with Crippen LogP contribution in [0.5, 0.6) is 0 Å². The molecule has 0 aliphatic carbocycles. The fourth-order valence-electron chi connectivity index (χ4n) is 6.91. The van der Waals surface area contributed by atoms with Crippen LogP contribution >= 0.6 is 0 Å². The predicted octanol–water partition coefficient (Wildman–Crippen LogP) is 4.80. The zero-order chi connectivity index (χ0) is 22.9. The SMILES string of the molecule is C[Si](O)C([Si](C)(C)c1ccccc1)([Si](C)(C)c1ccccc1)[Si](C)(C)c1ccccc1. The van der Waals surface area contributed by atoms with Crippen LogP contribution in [-0.4, -0.2) is 38.1 Å². The van der Waals surface area contributed by atoms with Crippen LogP contribution in [0.1, 0.15) is 0 Å². The van der Waals surface area contributed by atoms with E-state index in [2.05, 4.69) is 137 Å². The van der Waals surface area contributed by atoms with Crippen molar-refractivity contribution in [1.82, 2.24) is 0 Å². The number of hydrogen-bond donors (Lipinski definition) is 1. The van der Waals surface area contributed by atoms with Gasteiger partial charge in [0.05, 0.1) is 24.2 Å². The minimum absolute atomic E-state index is 0.0261. The highest BCUT2D eigenvalue weighted by Crippen LogP contribution is 2.54. The van der Waals surface area contributed by atoms with E-state index in [0.29, 0.717) is 0 Å². The van der Waals surface area contributed by atoms with Gasteiger partial charge in [0.25, 0.3) is 0 Å². The van der Waals surface area contributed by atoms with Gasteiger partial charge in [0, 0.05) is 0 Å². The second kappa shape index (κ2) is 8.79. The molecule has 0 bridgehead atoms. The molecule has 3 aromatic rings. The van der Waals surface area contributed by atoms with Crippen molar-refractivity contribution in [2.75, 3.05) is 0 Å². The first kappa shape index (κ1) is 24.1. The van der Waals surface area contributed by atoms with Gasteiger partial charge in [-0.05, 0) is 10.5 Å². The number of benzene rings is 3. The van der Waals surface area contributed by atoms with Crippen LogP contribution in [-0.2, 0) is 0 Å². The van der Waals surface area contributed by atoms with Gasteiger partial charge >= 0.3 is 0 Å². The average molecular weight is 478 g/mol. The van der Waals surface area contributed by atoms with E-state index in [9.17, 15) is 4.80 Å². The molecule has 0 spiro atoms. The maximum atomic E-state index is 12.1. The second-order valence-electron chi connectivity index (χ2n) is 10.3. The van der Waals surface area contributed by atoms with Crippen LogP contribution in [0.4, 0.5) is 0 Å². The lowest BCUT2D eigenvalue weighted by Crippen LogP contribution is -2.82. The third kappa shape index (κ3) is 3.70. The summed E-state index contributed by atoms with van der Waals surface area (Å²) in [4.78, 5) is 12.1. The molecule has 1 nitrogen and oxygen atoms in total. The summed E-state index contributed by atoms with van der Waals surface area (Å²) in [6.07, 6.45) is 0. The molecule has 5 heteroatoms. The first-order valence-corrected chi connectivity index (χ1v) is 22.2. The highest BCUT2D eigenvalue weighted by molar-refractivity contribution is 7.33. The molecule has 1 radical (unpaired) electrons. The van der Waals surface area contributed by atoms with Crippen molar-refractivity contribution in [3.05, 3.63) is 91.0 Å². The summed E-state index contributed by atoms with van der Waals surface area (Å²) in [5.74, 6) is 0. The Balaban J connectivity index is 2.45. The first-order valence-electron chi connectivity index (χ1n) is 11.2. The van der Waals surface area contributed by atoms with Gasteiger partial charge < -0.3 is 4.80 Å². The fourth-order valence-corrected chi connectivity index (χ4v) is 44.8. The maximum absolute atomic E-state index is 12.1. The summed E-state index contributed by atoms with van der Waals surface area (Å²) in [5.41, 5.74) is 0. The third-order valence-corrected chi connectivity index (χ3v) is 40.0. The van der Waals surface area contributed by atoms with Crippen molar-refractivity contribution < 1.29 is 4.80 Å².